The number of nitrogens with one attached hydrogen (secondary N) is 1. The van der Waals surface area contributed by atoms with E-state index in [0.29, 0.717) is 5.92 Å². The molecule has 1 atom stereocenters. The van der Waals surface area contributed by atoms with Gasteiger partial charge in [0.2, 0.25) is 5.89 Å². The molecule has 0 aliphatic heterocycles. The van der Waals surface area contributed by atoms with Gasteiger partial charge in [0.25, 0.3) is 10.0 Å². The van der Waals surface area contributed by atoms with Crippen LogP contribution in [0.1, 0.15) is 54.1 Å². The van der Waals surface area contributed by atoms with Crippen molar-refractivity contribution in [3.8, 4) is 5.75 Å². The van der Waals surface area contributed by atoms with Crippen molar-refractivity contribution in [2.75, 3.05) is 11.8 Å². The maximum atomic E-state index is 12.7. The molecular weight excluding hydrogens is 434 g/mol. The average molecular weight is 460 g/mol. The Morgan fingerprint density at radius 1 is 1.12 bits per heavy atom. The van der Waals surface area contributed by atoms with Gasteiger partial charge in [-0.2, -0.15) is 0 Å². The third kappa shape index (κ3) is 5.25. The molecule has 0 aliphatic rings. The van der Waals surface area contributed by atoms with E-state index in [1.165, 1.54) is 24.8 Å². The van der Waals surface area contributed by atoms with Crippen LogP contribution in [-0.4, -0.2) is 36.8 Å². The van der Waals surface area contributed by atoms with Crippen molar-refractivity contribution in [2.45, 2.75) is 38.0 Å². The van der Waals surface area contributed by atoms with E-state index in [2.05, 4.69) is 40.9 Å². The van der Waals surface area contributed by atoms with Crippen LogP contribution in [0.4, 0.5) is 6.01 Å². The smallest absolute Gasteiger partial charge is 0.339 e. The summed E-state index contributed by atoms with van der Waals surface area (Å²) in [5.41, 5.74) is 1.91. The van der Waals surface area contributed by atoms with Crippen LogP contribution in [-0.2, 0) is 16.4 Å². The van der Waals surface area contributed by atoms with Crippen LogP contribution in [0.5, 0.6) is 5.75 Å². The van der Waals surface area contributed by atoms with Crippen LogP contribution in [0, 0.1) is 5.92 Å². The summed E-state index contributed by atoms with van der Waals surface area (Å²) in [6.45, 7) is 6.20. The number of aromatic nitrogens is 2. The molecule has 3 rings (SSSR count). The van der Waals surface area contributed by atoms with Gasteiger partial charge in [-0.3, -0.25) is 0 Å². The van der Waals surface area contributed by atoms with Gasteiger partial charge in [0.05, 0.1) is 17.9 Å². The van der Waals surface area contributed by atoms with Gasteiger partial charge in [0.1, 0.15) is 11.3 Å². The van der Waals surface area contributed by atoms with Crippen molar-refractivity contribution in [1.82, 2.24) is 10.2 Å². The monoisotopic (exact) mass is 459 g/mol. The second-order valence-electron chi connectivity index (χ2n) is 7.78. The van der Waals surface area contributed by atoms with E-state index in [4.69, 9.17) is 9.15 Å². The van der Waals surface area contributed by atoms with Crippen LogP contribution in [0.25, 0.3) is 0 Å². The number of hydrogen-bond acceptors (Lipinski definition) is 7. The number of carboxylic acids is 1. The summed E-state index contributed by atoms with van der Waals surface area (Å²) in [7, 11) is -2.85. The van der Waals surface area contributed by atoms with Gasteiger partial charge in [-0.25, -0.2) is 17.9 Å². The molecule has 2 aromatic carbocycles. The lowest BCUT2D eigenvalue weighted by Gasteiger charge is -2.10. The first-order valence-corrected chi connectivity index (χ1v) is 11.5. The summed E-state index contributed by atoms with van der Waals surface area (Å²) >= 11 is 0. The van der Waals surface area contributed by atoms with E-state index >= 15 is 0 Å². The minimum atomic E-state index is -4.15. The highest BCUT2D eigenvalue weighted by atomic mass is 32.2. The number of anilines is 1. The molecule has 1 unspecified atom stereocenters. The standard InChI is InChI=1S/C22H25N3O6S/c1-13(2)11-15-5-7-16(8-6-15)14(3)20-23-24-22(31-20)25-32(28,29)17-9-10-19(30-4)18(12-17)21(26)27/h5-10,12-14H,11H2,1-4H3,(H,24,25)(H,26,27). The molecule has 1 aromatic heterocycles. The molecule has 0 radical (unpaired) electrons. The van der Waals surface area contributed by atoms with Crippen molar-refractivity contribution in [3.63, 3.8) is 0 Å². The number of hydrogen-bond donors (Lipinski definition) is 2. The third-order valence-electron chi connectivity index (χ3n) is 4.87. The highest BCUT2D eigenvalue weighted by molar-refractivity contribution is 7.92. The highest BCUT2D eigenvalue weighted by Crippen LogP contribution is 2.27. The van der Waals surface area contributed by atoms with Gasteiger partial charge in [-0.05, 0) is 48.6 Å². The zero-order valence-electron chi connectivity index (χ0n) is 18.2. The predicted molar refractivity (Wildman–Crippen MR) is 118 cm³/mol. The Morgan fingerprint density at radius 3 is 2.41 bits per heavy atom. The number of rotatable bonds is 9. The van der Waals surface area contributed by atoms with Crippen molar-refractivity contribution in [1.29, 1.82) is 0 Å². The molecule has 0 aliphatic carbocycles. The van der Waals surface area contributed by atoms with Crippen molar-refractivity contribution in [2.24, 2.45) is 5.92 Å². The Morgan fingerprint density at radius 2 is 1.81 bits per heavy atom. The molecule has 2 N–H and O–H groups in total. The molecule has 0 spiro atoms. The van der Waals surface area contributed by atoms with Gasteiger partial charge in [0, 0.05) is 0 Å². The molecule has 3 aromatic rings. The summed E-state index contributed by atoms with van der Waals surface area (Å²) in [5.74, 6) is -0.701. The lowest BCUT2D eigenvalue weighted by molar-refractivity contribution is 0.0693. The van der Waals surface area contributed by atoms with Crippen molar-refractivity contribution in [3.05, 3.63) is 65.0 Å². The number of aromatic carboxylic acids is 1. The first-order valence-electron chi connectivity index (χ1n) is 9.97. The first kappa shape index (κ1) is 23.3. The molecule has 0 saturated carbocycles. The minimum Gasteiger partial charge on any atom is -0.496 e. The Bertz CT molecular complexity index is 1200. The number of benzene rings is 2. The number of nitrogens with zero attached hydrogens (tertiary/aromatic N) is 2. The van der Waals surface area contributed by atoms with Gasteiger partial charge in [-0.1, -0.05) is 43.2 Å². The molecule has 1 heterocycles. The number of ether oxygens (including phenoxy) is 1. The van der Waals surface area contributed by atoms with E-state index in [1.54, 1.807) is 0 Å². The van der Waals surface area contributed by atoms with Crippen LogP contribution >= 0.6 is 0 Å². The Hall–Kier alpha value is -3.40. The average Bonchev–Trinajstić information content (AvgIpc) is 3.20. The topological polar surface area (TPSA) is 132 Å². The number of methoxy groups -OCH3 is 1. The molecule has 170 valence electrons. The third-order valence-corrected chi connectivity index (χ3v) is 6.19. The van der Waals surface area contributed by atoms with Gasteiger partial charge < -0.3 is 14.3 Å². The molecule has 0 amide bonds. The maximum absolute atomic E-state index is 12.7. The fourth-order valence-electron chi connectivity index (χ4n) is 3.20. The van der Waals surface area contributed by atoms with Crippen molar-refractivity contribution < 1.29 is 27.5 Å². The fourth-order valence-corrected chi connectivity index (χ4v) is 4.15. The lowest BCUT2D eigenvalue weighted by Crippen LogP contribution is -2.14. The van der Waals surface area contributed by atoms with Crippen LogP contribution in [0.3, 0.4) is 0 Å². The van der Waals surface area contributed by atoms with Gasteiger partial charge in [0.15, 0.2) is 0 Å². The summed E-state index contributed by atoms with van der Waals surface area (Å²) < 4.78 is 38.0. The predicted octanol–water partition coefficient (Wildman–Crippen LogP) is 3.93. The van der Waals surface area contributed by atoms with Gasteiger partial charge >= 0.3 is 12.0 Å². The zero-order chi connectivity index (χ0) is 23.5. The van der Waals surface area contributed by atoms with Crippen LogP contribution < -0.4 is 9.46 Å². The first-order chi connectivity index (χ1) is 15.1. The van der Waals surface area contributed by atoms with E-state index in [1.807, 2.05) is 19.1 Å². The van der Waals surface area contributed by atoms with E-state index in [0.717, 1.165) is 18.1 Å². The Balaban J connectivity index is 1.78. The normalized spacial score (nSPS) is 12.5. The van der Waals surface area contributed by atoms with Crippen LogP contribution in [0.2, 0.25) is 0 Å². The van der Waals surface area contributed by atoms with E-state index in [9.17, 15) is 18.3 Å². The molecular formula is C22H25N3O6S. The SMILES string of the molecule is COc1ccc(S(=O)(=O)Nc2nnc(C(C)c3ccc(CC(C)C)cc3)o2)cc1C(=O)O. The van der Waals surface area contributed by atoms with Gasteiger partial charge in [-0.15, -0.1) is 5.10 Å². The second kappa shape index (κ2) is 9.39. The fraction of sp³-hybridized carbons (Fsp3) is 0.318. The van der Waals surface area contributed by atoms with Crippen molar-refractivity contribution >= 4 is 22.0 Å². The zero-order valence-corrected chi connectivity index (χ0v) is 19.0. The summed E-state index contributed by atoms with van der Waals surface area (Å²) in [5, 5.41) is 17.0. The summed E-state index contributed by atoms with van der Waals surface area (Å²) in [6.07, 6.45) is 0.982. The molecule has 32 heavy (non-hydrogen) atoms. The number of sulfonamides is 1. The quantitative estimate of drug-likeness (QED) is 0.492. The number of carboxylic acid groups (broad SMARTS) is 1. The molecule has 0 bridgehead atoms. The van der Waals surface area contributed by atoms with Crippen LogP contribution in [0.15, 0.2) is 51.8 Å². The second-order valence-corrected chi connectivity index (χ2v) is 9.46. The molecule has 0 fully saturated rings. The number of carbonyl (C=O) groups is 1. The largest absolute Gasteiger partial charge is 0.496 e. The minimum absolute atomic E-state index is 0.0461. The molecule has 10 heteroatoms. The summed E-state index contributed by atoms with van der Waals surface area (Å²) in [6, 6.07) is 11.3. The molecule has 0 saturated heterocycles. The van der Waals surface area contributed by atoms with E-state index < -0.39 is 16.0 Å². The molecule has 9 nitrogen and oxygen atoms in total. The Kier molecular flexibility index (Phi) is 6.83. The van der Waals surface area contributed by atoms with E-state index in [-0.39, 0.29) is 34.0 Å². The highest BCUT2D eigenvalue weighted by Gasteiger charge is 2.23. The Labute approximate surface area is 186 Å². The lowest BCUT2D eigenvalue weighted by atomic mass is 9.97. The summed E-state index contributed by atoms with van der Waals surface area (Å²) in [4.78, 5) is 11.1. The maximum Gasteiger partial charge on any atom is 0.339 e.